The molecule has 0 amide bonds. The van der Waals surface area contributed by atoms with Gasteiger partial charge in [0, 0.05) is 6.07 Å². The topological polar surface area (TPSA) is 55.8 Å². The van der Waals surface area contributed by atoms with Crippen LogP contribution < -0.4 is 4.74 Å². The molecule has 8 heteroatoms. The molecule has 0 aliphatic heterocycles. The summed E-state index contributed by atoms with van der Waals surface area (Å²) >= 11 is 0. The first-order chi connectivity index (χ1) is 8.29. The Labute approximate surface area is 98.7 Å². The van der Waals surface area contributed by atoms with Gasteiger partial charge in [0.15, 0.2) is 6.79 Å². The predicted octanol–water partition coefficient (Wildman–Crippen LogP) is 2.44. The molecular formula is C10H8F4O4. The molecule has 0 aliphatic rings. The maximum atomic E-state index is 13.1. The van der Waals surface area contributed by atoms with Gasteiger partial charge in [0.25, 0.3) is 0 Å². The summed E-state index contributed by atoms with van der Waals surface area (Å²) in [5, 5.41) is 8.53. The number of hydrogen-bond acceptors (Lipinski definition) is 3. The van der Waals surface area contributed by atoms with E-state index in [1.54, 1.807) is 0 Å². The summed E-state index contributed by atoms with van der Waals surface area (Å²) in [6.07, 6.45) is -4.47. The minimum atomic E-state index is -4.47. The molecule has 0 atom stereocenters. The van der Waals surface area contributed by atoms with E-state index in [4.69, 9.17) is 5.11 Å². The van der Waals surface area contributed by atoms with Crippen molar-refractivity contribution < 1.29 is 36.9 Å². The van der Waals surface area contributed by atoms with Gasteiger partial charge in [-0.2, -0.15) is 13.2 Å². The normalized spacial score (nSPS) is 11.3. The van der Waals surface area contributed by atoms with Gasteiger partial charge < -0.3 is 14.6 Å². The lowest BCUT2D eigenvalue weighted by molar-refractivity contribution is -0.186. The number of halogens is 4. The number of hydrogen-bond donors (Lipinski definition) is 1. The molecule has 18 heavy (non-hydrogen) atoms. The van der Waals surface area contributed by atoms with Gasteiger partial charge in [-0.25, -0.2) is 9.18 Å². The molecular weight excluding hydrogens is 260 g/mol. The zero-order valence-corrected chi connectivity index (χ0v) is 8.83. The largest absolute Gasteiger partial charge is 0.478 e. The van der Waals surface area contributed by atoms with Gasteiger partial charge >= 0.3 is 12.1 Å². The lowest BCUT2D eigenvalue weighted by Crippen LogP contribution is -2.19. The zero-order chi connectivity index (χ0) is 13.8. The quantitative estimate of drug-likeness (QED) is 0.506. The highest BCUT2D eigenvalue weighted by atomic mass is 19.4. The number of carbonyl (C=O) groups is 1. The average Bonchev–Trinajstić information content (AvgIpc) is 2.22. The van der Waals surface area contributed by atoms with Crippen LogP contribution >= 0.6 is 0 Å². The van der Waals surface area contributed by atoms with Crippen molar-refractivity contribution in [3.8, 4) is 5.75 Å². The number of carboxylic acid groups (broad SMARTS) is 1. The van der Waals surface area contributed by atoms with Crippen molar-refractivity contribution in [1.29, 1.82) is 0 Å². The SMILES string of the molecule is O=C(O)c1ccc(OCOCC(F)(F)F)cc1F. The fourth-order valence-electron chi connectivity index (χ4n) is 1.03. The van der Waals surface area contributed by atoms with Gasteiger partial charge in [-0.3, -0.25) is 0 Å². The van der Waals surface area contributed by atoms with E-state index in [1.165, 1.54) is 0 Å². The number of rotatable bonds is 5. The van der Waals surface area contributed by atoms with Gasteiger partial charge in [-0.15, -0.1) is 0 Å². The average molecular weight is 268 g/mol. The lowest BCUT2D eigenvalue weighted by atomic mass is 10.2. The molecule has 1 aromatic carbocycles. The number of carboxylic acids is 1. The Kier molecular flexibility index (Phi) is 4.49. The van der Waals surface area contributed by atoms with Crippen molar-refractivity contribution in [2.45, 2.75) is 6.18 Å². The van der Waals surface area contributed by atoms with Crippen LogP contribution in [0, 0.1) is 5.82 Å². The number of benzene rings is 1. The minimum absolute atomic E-state index is 0.125. The van der Waals surface area contributed by atoms with E-state index in [0.29, 0.717) is 0 Å². The fraction of sp³-hybridized carbons (Fsp3) is 0.300. The van der Waals surface area contributed by atoms with Crippen molar-refractivity contribution >= 4 is 5.97 Å². The molecule has 0 spiro atoms. The van der Waals surface area contributed by atoms with Crippen LogP contribution in [0.25, 0.3) is 0 Å². The first kappa shape index (κ1) is 14.2. The maximum absolute atomic E-state index is 13.1. The van der Waals surface area contributed by atoms with Crippen molar-refractivity contribution in [1.82, 2.24) is 0 Å². The van der Waals surface area contributed by atoms with Crippen LogP contribution in [0.2, 0.25) is 0 Å². The van der Waals surface area contributed by atoms with Crippen LogP contribution in [0.5, 0.6) is 5.75 Å². The molecule has 100 valence electrons. The number of aromatic carboxylic acids is 1. The Morgan fingerprint density at radius 1 is 1.33 bits per heavy atom. The van der Waals surface area contributed by atoms with Crippen LogP contribution in [-0.4, -0.2) is 30.7 Å². The van der Waals surface area contributed by atoms with E-state index in [2.05, 4.69) is 9.47 Å². The Bertz CT molecular complexity index is 430. The van der Waals surface area contributed by atoms with Crippen LogP contribution in [0.15, 0.2) is 18.2 Å². The molecule has 0 unspecified atom stereocenters. The molecule has 0 fully saturated rings. The van der Waals surface area contributed by atoms with E-state index >= 15 is 0 Å². The van der Waals surface area contributed by atoms with Crippen molar-refractivity contribution in [2.24, 2.45) is 0 Å². The summed E-state index contributed by atoms with van der Waals surface area (Å²) in [5.41, 5.74) is -0.557. The first-order valence-corrected chi connectivity index (χ1v) is 4.60. The molecule has 0 saturated heterocycles. The monoisotopic (exact) mass is 268 g/mol. The third-order valence-electron chi connectivity index (χ3n) is 1.75. The molecule has 4 nitrogen and oxygen atoms in total. The zero-order valence-electron chi connectivity index (χ0n) is 8.83. The van der Waals surface area contributed by atoms with E-state index in [-0.39, 0.29) is 5.75 Å². The second-order valence-corrected chi connectivity index (χ2v) is 3.17. The summed E-state index contributed by atoms with van der Waals surface area (Å²) in [7, 11) is 0. The van der Waals surface area contributed by atoms with Crippen LogP contribution in [0.4, 0.5) is 17.6 Å². The standard InChI is InChI=1S/C10H8F4O4/c11-8-3-6(1-2-7(8)9(15)16)18-5-17-4-10(12,13)14/h1-3H,4-5H2,(H,15,16). The van der Waals surface area contributed by atoms with Crippen LogP contribution in [0.1, 0.15) is 10.4 Å². The third-order valence-corrected chi connectivity index (χ3v) is 1.75. The summed E-state index contributed by atoms with van der Waals surface area (Å²) in [4.78, 5) is 10.5. The van der Waals surface area contributed by atoms with E-state index in [0.717, 1.165) is 18.2 Å². The molecule has 0 saturated carbocycles. The summed E-state index contributed by atoms with van der Waals surface area (Å²) in [5.74, 6) is -2.62. The van der Waals surface area contributed by atoms with Crippen LogP contribution in [-0.2, 0) is 4.74 Å². The van der Waals surface area contributed by atoms with Crippen LogP contribution in [0.3, 0.4) is 0 Å². The molecule has 1 aromatic rings. The van der Waals surface area contributed by atoms with E-state index in [9.17, 15) is 22.4 Å². The van der Waals surface area contributed by atoms with Gasteiger partial charge in [-0.05, 0) is 12.1 Å². The number of alkyl halides is 3. The fourth-order valence-corrected chi connectivity index (χ4v) is 1.03. The molecule has 0 aliphatic carbocycles. The van der Waals surface area contributed by atoms with Gasteiger partial charge in [0.2, 0.25) is 0 Å². The molecule has 1 N–H and O–H groups in total. The van der Waals surface area contributed by atoms with Crippen molar-refractivity contribution in [3.05, 3.63) is 29.6 Å². The van der Waals surface area contributed by atoms with E-state index in [1.807, 2.05) is 0 Å². The predicted molar refractivity (Wildman–Crippen MR) is 50.9 cm³/mol. The summed E-state index contributed by atoms with van der Waals surface area (Å²) in [6.45, 7) is -2.20. The Morgan fingerprint density at radius 2 is 2.00 bits per heavy atom. The molecule has 0 aromatic heterocycles. The second-order valence-electron chi connectivity index (χ2n) is 3.17. The molecule has 0 heterocycles. The van der Waals surface area contributed by atoms with Gasteiger partial charge in [-0.1, -0.05) is 0 Å². The Morgan fingerprint density at radius 3 is 2.50 bits per heavy atom. The first-order valence-electron chi connectivity index (χ1n) is 4.60. The second kappa shape index (κ2) is 5.67. The van der Waals surface area contributed by atoms with Crippen molar-refractivity contribution in [3.63, 3.8) is 0 Å². The minimum Gasteiger partial charge on any atom is -0.478 e. The van der Waals surface area contributed by atoms with Gasteiger partial charge in [0.1, 0.15) is 18.2 Å². The smallest absolute Gasteiger partial charge is 0.411 e. The van der Waals surface area contributed by atoms with Crippen molar-refractivity contribution in [2.75, 3.05) is 13.4 Å². The molecule has 1 rings (SSSR count). The summed E-state index contributed by atoms with van der Waals surface area (Å²) < 4.78 is 57.0. The lowest BCUT2D eigenvalue weighted by Gasteiger charge is -2.09. The third kappa shape index (κ3) is 4.58. The number of ether oxygens (including phenoxy) is 2. The Balaban J connectivity index is 2.49. The van der Waals surface area contributed by atoms with E-state index < -0.39 is 36.9 Å². The maximum Gasteiger partial charge on any atom is 0.411 e. The summed E-state index contributed by atoms with van der Waals surface area (Å²) in [6, 6.07) is 2.81. The highest BCUT2D eigenvalue weighted by Gasteiger charge is 2.27. The molecule has 0 bridgehead atoms. The highest BCUT2D eigenvalue weighted by molar-refractivity contribution is 5.88. The highest BCUT2D eigenvalue weighted by Crippen LogP contribution is 2.18. The van der Waals surface area contributed by atoms with Gasteiger partial charge in [0.05, 0.1) is 5.56 Å². The molecule has 0 radical (unpaired) electrons. The Hall–Kier alpha value is -1.83.